The van der Waals surface area contributed by atoms with Crippen molar-refractivity contribution in [3.63, 3.8) is 0 Å². The van der Waals surface area contributed by atoms with Crippen LogP contribution in [0, 0.1) is 0 Å². The van der Waals surface area contributed by atoms with Crippen LogP contribution < -0.4 is 0 Å². The third kappa shape index (κ3) is 3.29. The van der Waals surface area contributed by atoms with Gasteiger partial charge in [0, 0.05) is 24.9 Å². The minimum atomic E-state index is 0.0231. The van der Waals surface area contributed by atoms with E-state index in [0.29, 0.717) is 12.8 Å². The number of nitrogens with zero attached hydrogens (tertiary/aromatic N) is 2. The molecule has 98 valence electrons. The van der Waals surface area contributed by atoms with Crippen LogP contribution in [-0.2, 0) is 11.2 Å². The molecule has 1 aliphatic rings. The van der Waals surface area contributed by atoms with Crippen LogP contribution in [0.2, 0.25) is 0 Å². The van der Waals surface area contributed by atoms with E-state index in [1.807, 2.05) is 23.1 Å². The maximum atomic E-state index is 12.1. The average Bonchev–Trinajstić information content (AvgIpc) is 2.45. The summed E-state index contributed by atoms with van der Waals surface area (Å²) in [7, 11) is 0. The fraction of sp³-hybridized carbons (Fsp3) is 0.571. The lowest BCUT2D eigenvalue weighted by Gasteiger charge is -2.34. The molecule has 1 aromatic rings. The fourth-order valence-electron chi connectivity index (χ4n) is 2.44. The van der Waals surface area contributed by atoms with E-state index in [1.54, 1.807) is 6.20 Å². The van der Waals surface area contributed by atoms with Gasteiger partial charge in [-0.3, -0.25) is 9.78 Å². The number of aliphatic hydroxyl groups is 1. The van der Waals surface area contributed by atoms with Crippen LogP contribution in [0.25, 0.3) is 0 Å². The summed E-state index contributed by atoms with van der Waals surface area (Å²) >= 11 is 0. The van der Waals surface area contributed by atoms with Gasteiger partial charge >= 0.3 is 0 Å². The normalized spacial score (nSPS) is 19.8. The van der Waals surface area contributed by atoms with Gasteiger partial charge in [-0.1, -0.05) is 6.07 Å². The van der Waals surface area contributed by atoms with Crippen LogP contribution in [0.4, 0.5) is 0 Å². The zero-order valence-corrected chi connectivity index (χ0v) is 10.6. The molecule has 1 aromatic heterocycles. The first kappa shape index (κ1) is 13.0. The summed E-state index contributed by atoms with van der Waals surface area (Å²) in [6.07, 6.45) is 5.98. The number of aliphatic hydroxyl groups excluding tert-OH is 1. The zero-order valence-electron chi connectivity index (χ0n) is 10.6. The molecule has 2 heterocycles. The van der Waals surface area contributed by atoms with E-state index in [1.165, 1.54) is 0 Å². The number of carbonyl (C=O) groups excluding carboxylic acids is 1. The summed E-state index contributed by atoms with van der Waals surface area (Å²) in [6.45, 7) is 0.863. The lowest BCUT2D eigenvalue weighted by atomic mass is 10.0. The molecular formula is C14H20N2O2. The number of hydrogen-bond acceptors (Lipinski definition) is 3. The number of rotatable bonds is 4. The number of piperidine rings is 1. The fourth-order valence-corrected chi connectivity index (χ4v) is 2.44. The van der Waals surface area contributed by atoms with E-state index in [0.717, 1.165) is 31.5 Å². The van der Waals surface area contributed by atoms with Gasteiger partial charge in [0.1, 0.15) is 0 Å². The quantitative estimate of drug-likeness (QED) is 0.876. The highest BCUT2D eigenvalue weighted by atomic mass is 16.3. The molecule has 0 aromatic carbocycles. The van der Waals surface area contributed by atoms with Gasteiger partial charge in [-0.25, -0.2) is 0 Å². The predicted octanol–water partition coefficient (Wildman–Crippen LogP) is 1.39. The van der Waals surface area contributed by atoms with E-state index >= 15 is 0 Å². The molecule has 0 spiro atoms. The van der Waals surface area contributed by atoms with Gasteiger partial charge in [-0.15, -0.1) is 0 Å². The third-order valence-corrected chi connectivity index (χ3v) is 3.48. The Morgan fingerprint density at radius 3 is 3.06 bits per heavy atom. The molecule has 1 unspecified atom stereocenters. The molecule has 4 heteroatoms. The van der Waals surface area contributed by atoms with Crippen molar-refractivity contribution in [2.24, 2.45) is 0 Å². The van der Waals surface area contributed by atoms with E-state index in [4.69, 9.17) is 0 Å². The average molecular weight is 248 g/mol. The molecule has 0 bridgehead atoms. The minimum Gasteiger partial charge on any atom is -0.394 e. The maximum absolute atomic E-state index is 12.1. The van der Waals surface area contributed by atoms with Crippen molar-refractivity contribution in [3.05, 3.63) is 30.1 Å². The summed E-state index contributed by atoms with van der Waals surface area (Å²) in [5, 5.41) is 9.29. The molecule has 1 saturated heterocycles. The molecule has 2 rings (SSSR count). The van der Waals surface area contributed by atoms with Crippen molar-refractivity contribution in [2.45, 2.75) is 38.1 Å². The first-order chi connectivity index (χ1) is 8.81. The Hall–Kier alpha value is -1.42. The van der Waals surface area contributed by atoms with Gasteiger partial charge in [0.2, 0.25) is 5.91 Å². The number of aromatic nitrogens is 1. The summed E-state index contributed by atoms with van der Waals surface area (Å²) in [5.41, 5.74) is 0.948. The molecule has 1 aliphatic heterocycles. The van der Waals surface area contributed by atoms with Crippen LogP contribution in [0.1, 0.15) is 31.4 Å². The predicted molar refractivity (Wildman–Crippen MR) is 69.0 cm³/mol. The zero-order chi connectivity index (χ0) is 12.8. The first-order valence-electron chi connectivity index (χ1n) is 6.61. The monoisotopic (exact) mass is 248 g/mol. The molecule has 18 heavy (non-hydrogen) atoms. The third-order valence-electron chi connectivity index (χ3n) is 3.48. The van der Waals surface area contributed by atoms with Crippen LogP contribution in [0.3, 0.4) is 0 Å². The number of hydrogen-bond donors (Lipinski definition) is 1. The highest BCUT2D eigenvalue weighted by Gasteiger charge is 2.25. The number of amides is 1. The lowest BCUT2D eigenvalue weighted by molar-refractivity contribution is -0.135. The van der Waals surface area contributed by atoms with Crippen molar-refractivity contribution in [3.8, 4) is 0 Å². The molecule has 0 radical (unpaired) electrons. The van der Waals surface area contributed by atoms with Gasteiger partial charge in [0.15, 0.2) is 0 Å². The Morgan fingerprint density at radius 1 is 1.44 bits per heavy atom. The highest BCUT2D eigenvalue weighted by molar-refractivity contribution is 5.76. The van der Waals surface area contributed by atoms with Crippen molar-refractivity contribution in [2.75, 3.05) is 13.2 Å². The summed E-state index contributed by atoms with van der Waals surface area (Å²) in [6, 6.07) is 5.77. The van der Waals surface area contributed by atoms with Gasteiger partial charge < -0.3 is 10.0 Å². The van der Waals surface area contributed by atoms with Crippen molar-refractivity contribution in [1.82, 2.24) is 9.88 Å². The lowest BCUT2D eigenvalue weighted by Crippen LogP contribution is -2.45. The molecule has 0 saturated carbocycles. The number of aryl methyl sites for hydroxylation is 1. The summed E-state index contributed by atoms with van der Waals surface area (Å²) in [4.78, 5) is 18.2. The first-order valence-corrected chi connectivity index (χ1v) is 6.61. The Bertz CT molecular complexity index is 381. The van der Waals surface area contributed by atoms with Gasteiger partial charge in [0.25, 0.3) is 0 Å². The second-order valence-corrected chi connectivity index (χ2v) is 4.74. The Balaban J connectivity index is 1.87. The molecule has 1 atom stereocenters. The molecule has 0 aliphatic carbocycles. The molecular weight excluding hydrogens is 228 g/mol. The molecule has 4 nitrogen and oxygen atoms in total. The second-order valence-electron chi connectivity index (χ2n) is 4.74. The van der Waals surface area contributed by atoms with Gasteiger partial charge in [-0.05, 0) is 37.8 Å². The molecule has 1 N–H and O–H groups in total. The SMILES string of the molecule is O=C(CCc1ccccn1)N1CCCCC1CO. The highest BCUT2D eigenvalue weighted by Crippen LogP contribution is 2.18. The van der Waals surface area contributed by atoms with Crippen LogP contribution >= 0.6 is 0 Å². The van der Waals surface area contributed by atoms with E-state index in [2.05, 4.69) is 4.98 Å². The number of pyridine rings is 1. The van der Waals surface area contributed by atoms with Crippen molar-refractivity contribution in [1.29, 1.82) is 0 Å². The summed E-state index contributed by atoms with van der Waals surface area (Å²) < 4.78 is 0. The van der Waals surface area contributed by atoms with E-state index in [-0.39, 0.29) is 18.6 Å². The smallest absolute Gasteiger partial charge is 0.223 e. The standard InChI is InChI=1S/C14H20N2O2/c17-11-13-6-2-4-10-16(13)14(18)8-7-12-5-1-3-9-15-12/h1,3,5,9,13,17H,2,4,6-8,10-11H2. The maximum Gasteiger partial charge on any atom is 0.223 e. The van der Waals surface area contributed by atoms with Crippen LogP contribution in [-0.4, -0.2) is 40.1 Å². The minimum absolute atomic E-state index is 0.0231. The van der Waals surface area contributed by atoms with Crippen molar-refractivity contribution < 1.29 is 9.90 Å². The topological polar surface area (TPSA) is 53.4 Å². The van der Waals surface area contributed by atoms with Crippen LogP contribution in [0.5, 0.6) is 0 Å². The Morgan fingerprint density at radius 2 is 2.33 bits per heavy atom. The Labute approximate surface area is 108 Å². The van der Waals surface area contributed by atoms with E-state index in [9.17, 15) is 9.90 Å². The van der Waals surface area contributed by atoms with E-state index < -0.39 is 0 Å². The second kappa shape index (κ2) is 6.50. The Kier molecular flexibility index (Phi) is 4.70. The molecule has 1 fully saturated rings. The molecule has 1 amide bonds. The summed E-state index contributed by atoms with van der Waals surface area (Å²) in [5.74, 6) is 0.138. The van der Waals surface area contributed by atoms with Crippen LogP contribution in [0.15, 0.2) is 24.4 Å². The van der Waals surface area contributed by atoms with Gasteiger partial charge in [-0.2, -0.15) is 0 Å². The van der Waals surface area contributed by atoms with Crippen molar-refractivity contribution >= 4 is 5.91 Å². The number of carbonyl (C=O) groups is 1. The van der Waals surface area contributed by atoms with Gasteiger partial charge in [0.05, 0.1) is 12.6 Å². The number of likely N-dealkylation sites (tertiary alicyclic amines) is 1. The largest absolute Gasteiger partial charge is 0.394 e.